The van der Waals surface area contributed by atoms with Gasteiger partial charge in [-0.05, 0) is 36.5 Å². The van der Waals surface area contributed by atoms with E-state index in [9.17, 15) is 13.2 Å². The van der Waals surface area contributed by atoms with E-state index in [-0.39, 0.29) is 11.8 Å². The molecule has 7 heteroatoms. The second-order valence-electron chi connectivity index (χ2n) is 6.08. The monoisotopic (exact) mass is 340 g/mol. The molecule has 0 aliphatic carbocycles. The Balaban J connectivity index is 2.19. The van der Waals surface area contributed by atoms with Crippen LogP contribution in [0.2, 0.25) is 0 Å². The summed E-state index contributed by atoms with van der Waals surface area (Å²) in [6.45, 7) is 2.94. The fourth-order valence-corrected chi connectivity index (χ4v) is 4.79. The van der Waals surface area contributed by atoms with Crippen LogP contribution in [0.1, 0.15) is 35.7 Å². The van der Waals surface area contributed by atoms with E-state index in [0.29, 0.717) is 30.1 Å². The van der Waals surface area contributed by atoms with Crippen molar-refractivity contribution in [3.63, 3.8) is 0 Å². The SMILES string of the molecule is COC(=O)c1cccc(CS(=O)(=O)N2CCC(C)CC2CN)c1. The van der Waals surface area contributed by atoms with Crippen LogP contribution in [0.5, 0.6) is 0 Å². The fraction of sp³-hybridized carbons (Fsp3) is 0.562. The lowest BCUT2D eigenvalue weighted by Gasteiger charge is -2.36. The summed E-state index contributed by atoms with van der Waals surface area (Å²) < 4.78 is 31.7. The maximum atomic E-state index is 12.7. The van der Waals surface area contributed by atoms with Gasteiger partial charge in [-0.1, -0.05) is 19.1 Å². The lowest BCUT2D eigenvalue weighted by atomic mass is 9.94. The lowest BCUT2D eigenvalue weighted by molar-refractivity contribution is 0.0600. The molecule has 0 spiro atoms. The van der Waals surface area contributed by atoms with Crippen LogP contribution in [0, 0.1) is 5.92 Å². The summed E-state index contributed by atoms with van der Waals surface area (Å²) in [5.74, 6) is -0.128. The zero-order valence-electron chi connectivity index (χ0n) is 13.6. The topological polar surface area (TPSA) is 89.7 Å². The number of benzene rings is 1. The molecule has 1 saturated heterocycles. The van der Waals surface area contributed by atoms with E-state index in [0.717, 1.165) is 12.8 Å². The number of nitrogens with two attached hydrogens (primary N) is 1. The third-order valence-corrected chi connectivity index (χ3v) is 6.14. The fourth-order valence-electron chi connectivity index (χ4n) is 3.01. The molecular formula is C16H24N2O4S. The summed E-state index contributed by atoms with van der Waals surface area (Å²) in [5.41, 5.74) is 6.68. The van der Waals surface area contributed by atoms with Gasteiger partial charge in [0.1, 0.15) is 0 Å². The molecule has 1 heterocycles. The Kier molecular flexibility index (Phi) is 5.78. The first-order valence-corrected chi connectivity index (χ1v) is 9.35. The molecule has 0 amide bonds. The van der Waals surface area contributed by atoms with Crippen LogP contribution in [0.3, 0.4) is 0 Å². The minimum atomic E-state index is -3.47. The van der Waals surface area contributed by atoms with Crippen LogP contribution in [-0.2, 0) is 20.5 Å². The molecule has 2 atom stereocenters. The Morgan fingerprint density at radius 3 is 2.83 bits per heavy atom. The normalized spacial score (nSPS) is 22.7. The molecule has 0 aromatic heterocycles. The molecular weight excluding hydrogens is 316 g/mol. The van der Waals surface area contributed by atoms with Crippen molar-refractivity contribution < 1.29 is 17.9 Å². The van der Waals surface area contributed by atoms with Crippen molar-refractivity contribution in [1.82, 2.24) is 4.31 Å². The summed E-state index contributed by atoms with van der Waals surface area (Å²) in [6, 6.07) is 6.39. The van der Waals surface area contributed by atoms with Crippen LogP contribution in [0.15, 0.2) is 24.3 Å². The maximum absolute atomic E-state index is 12.7. The van der Waals surface area contributed by atoms with Crippen molar-refractivity contribution in [2.75, 3.05) is 20.2 Å². The zero-order chi connectivity index (χ0) is 17.0. The second kappa shape index (κ2) is 7.42. The highest BCUT2D eigenvalue weighted by atomic mass is 32.2. The number of ether oxygens (including phenoxy) is 1. The van der Waals surface area contributed by atoms with E-state index >= 15 is 0 Å². The summed E-state index contributed by atoms with van der Waals surface area (Å²) in [6.07, 6.45) is 1.63. The van der Waals surface area contributed by atoms with E-state index in [1.54, 1.807) is 24.3 Å². The molecule has 0 radical (unpaired) electrons. The van der Waals surface area contributed by atoms with Gasteiger partial charge in [0.2, 0.25) is 10.0 Å². The number of piperidine rings is 1. The average molecular weight is 340 g/mol. The van der Waals surface area contributed by atoms with Gasteiger partial charge >= 0.3 is 5.97 Å². The minimum Gasteiger partial charge on any atom is -0.465 e. The molecule has 23 heavy (non-hydrogen) atoms. The van der Waals surface area contributed by atoms with Crippen LogP contribution in [-0.4, -0.2) is 44.9 Å². The predicted octanol–water partition coefficient (Wildman–Crippen LogP) is 1.36. The van der Waals surface area contributed by atoms with Gasteiger partial charge in [0.05, 0.1) is 18.4 Å². The summed E-state index contributed by atoms with van der Waals surface area (Å²) in [7, 11) is -2.17. The molecule has 1 aliphatic rings. The van der Waals surface area contributed by atoms with Crippen LogP contribution >= 0.6 is 0 Å². The van der Waals surface area contributed by atoms with Crippen molar-refractivity contribution in [3.05, 3.63) is 35.4 Å². The minimum absolute atomic E-state index is 0.136. The Bertz CT molecular complexity index is 660. The van der Waals surface area contributed by atoms with Crippen molar-refractivity contribution in [1.29, 1.82) is 0 Å². The molecule has 2 rings (SSSR count). The Hall–Kier alpha value is -1.44. The first-order chi connectivity index (χ1) is 10.9. The molecule has 0 saturated carbocycles. The highest BCUT2D eigenvalue weighted by Gasteiger charge is 2.33. The van der Waals surface area contributed by atoms with Crippen molar-refractivity contribution in [3.8, 4) is 0 Å². The van der Waals surface area contributed by atoms with Crippen LogP contribution in [0.25, 0.3) is 0 Å². The largest absolute Gasteiger partial charge is 0.465 e. The summed E-state index contributed by atoms with van der Waals surface area (Å²) in [5, 5.41) is 0. The van der Waals surface area contributed by atoms with Gasteiger partial charge in [-0.15, -0.1) is 0 Å². The highest BCUT2D eigenvalue weighted by molar-refractivity contribution is 7.88. The molecule has 1 aromatic rings. The summed E-state index contributed by atoms with van der Waals surface area (Å²) in [4.78, 5) is 11.6. The number of carbonyl (C=O) groups excluding carboxylic acids is 1. The number of carbonyl (C=O) groups is 1. The van der Waals surface area contributed by atoms with Gasteiger partial charge in [0, 0.05) is 19.1 Å². The van der Waals surface area contributed by atoms with Crippen LogP contribution < -0.4 is 5.73 Å². The number of hydrogen-bond donors (Lipinski definition) is 1. The number of nitrogens with zero attached hydrogens (tertiary/aromatic N) is 1. The lowest BCUT2D eigenvalue weighted by Crippen LogP contribution is -2.49. The molecule has 6 nitrogen and oxygen atoms in total. The molecule has 1 aromatic carbocycles. The van der Waals surface area contributed by atoms with Gasteiger partial charge in [-0.2, -0.15) is 4.31 Å². The van der Waals surface area contributed by atoms with Crippen molar-refractivity contribution >= 4 is 16.0 Å². The number of rotatable bonds is 5. The Morgan fingerprint density at radius 1 is 1.43 bits per heavy atom. The van der Waals surface area contributed by atoms with Gasteiger partial charge in [0.25, 0.3) is 0 Å². The van der Waals surface area contributed by atoms with Gasteiger partial charge in [-0.25, -0.2) is 13.2 Å². The van der Waals surface area contributed by atoms with E-state index in [4.69, 9.17) is 5.73 Å². The number of methoxy groups -OCH3 is 1. The van der Waals surface area contributed by atoms with E-state index in [1.807, 2.05) is 0 Å². The highest BCUT2D eigenvalue weighted by Crippen LogP contribution is 2.26. The van der Waals surface area contributed by atoms with Gasteiger partial charge in [-0.3, -0.25) is 0 Å². The number of sulfonamides is 1. The van der Waals surface area contributed by atoms with E-state index in [2.05, 4.69) is 11.7 Å². The Labute approximate surface area is 137 Å². The van der Waals surface area contributed by atoms with Crippen molar-refractivity contribution in [2.24, 2.45) is 11.7 Å². The molecule has 2 N–H and O–H groups in total. The molecule has 0 bridgehead atoms. The van der Waals surface area contributed by atoms with Gasteiger partial charge < -0.3 is 10.5 Å². The van der Waals surface area contributed by atoms with Crippen molar-refractivity contribution in [2.45, 2.75) is 31.6 Å². The molecule has 1 fully saturated rings. The van der Waals surface area contributed by atoms with E-state index < -0.39 is 16.0 Å². The second-order valence-corrected chi connectivity index (χ2v) is 8.00. The smallest absolute Gasteiger partial charge is 0.337 e. The van der Waals surface area contributed by atoms with Gasteiger partial charge in [0.15, 0.2) is 0 Å². The quantitative estimate of drug-likeness (QED) is 0.818. The standard InChI is InChI=1S/C16H24N2O4S/c1-12-6-7-18(15(8-12)10-17)23(20,21)11-13-4-3-5-14(9-13)16(19)22-2/h3-5,9,12,15H,6-8,10-11,17H2,1-2H3. The average Bonchev–Trinajstić information content (AvgIpc) is 2.53. The molecule has 1 aliphatic heterocycles. The predicted molar refractivity (Wildman–Crippen MR) is 88.4 cm³/mol. The molecule has 128 valence electrons. The first-order valence-electron chi connectivity index (χ1n) is 7.74. The molecule has 2 unspecified atom stereocenters. The zero-order valence-corrected chi connectivity index (χ0v) is 14.4. The Morgan fingerprint density at radius 2 is 2.17 bits per heavy atom. The number of hydrogen-bond acceptors (Lipinski definition) is 5. The third kappa shape index (κ3) is 4.31. The van der Waals surface area contributed by atoms with Crippen LogP contribution in [0.4, 0.5) is 0 Å². The third-order valence-electron chi connectivity index (χ3n) is 4.25. The summed E-state index contributed by atoms with van der Waals surface area (Å²) >= 11 is 0. The number of esters is 1. The van der Waals surface area contributed by atoms with E-state index in [1.165, 1.54) is 11.4 Å². The maximum Gasteiger partial charge on any atom is 0.337 e. The first kappa shape index (κ1) is 17.9.